The number of alkyl halides is 3. The maximum Gasteiger partial charge on any atom is 0.425 e. The van der Waals surface area contributed by atoms with Crippen LogP contribution in [0.25, 0.3) is 0 Å². The highest BCUT2D eigenvalue weighted by Gasteiger charge is 2.38. The number of anilines is 1. The molecule has 0 aliphatic carbocycles. The topological polar surface area (TPSA) is 47.0 Å². The van der Waals surface area contributed by atoms with E-state index in [2.05, 4.69) is 20.0 Å². The van der Waals surface area contributed by atoms with Gasteiger partial charge in [-0.1, -0.05) is 6.92 Å². The van der Waals surface area contributed by atoms with Crippen LogP contribution >= 0.6 is 0 Å². The van der Waals surface area contributed by atoms with Gasteiger partial charge in [0.2, 0.25) is 11.8 Å². The minimum absolute atomic E-state index is 0.0302. The molecule has 102 valence electrons. The van der Waals surface area contributed by atoms with Gasteiger partial charge in [0.1, 0.15) is 0 Å². The van der Waals surface area contributed by atoms with Crippen LogP contribution in [0.1, 0.15) is 20.3 Å². The van der Waals surface area contributed by atoms with Gasteiger partial charge in [0.05, 0.1) is 6.20 Å². The van der Waals surface area contributed by atoms with Crippen molar-refractivity contribution in [1.29, 1.82) is 0 Å². The van der Waals surface area contributed by atoms with Crippen LogP contribution in [0.5, 0.6) is 5.88 Å². The molecule has 0 aromatic carbocycles. The van der Waals surface area contributed by atoms with E-state index in [1.54, 1.807) is 0 Å². The molecule has 1 unspecified atom stereocenters. The minimum atomic E-state index is -4.57. The number of hydrogen-bond acceptors (Lipinski definition) is 4. The third-order valence-electron chi connectivity index (χ3n) is 1.99. The van der Waals surface area contributed by atoms with E-state index >= 15 is 0 Å². The summed E-state index contributed by atoms with van der Waals surface area (Å²) in [5.74, 6) is -1.72. The highest BCUT2D eigenvalue weighted by Crippen LogP contribution is 2.25. The number of hydrogen-bond donors (Lipinski definition) is 1. The number of rotatable bonds is 5. The summed E-state index contributed by atoms with van der Waals surface area (Å²) in [5, 5.41) is 2.72. The molecule has 1 rings (SSSR count). The van der Waals surface area contributed by atoms with Crippen LogP contribution in [-0.2, 0) is 0 Å². The van der Waals surface area contributed by atoms with E-state index in [9.17, 15) is 17.6 Å². The predicted molar refractivity (Wildman–Crippen MR) is 56.9 cm³/mol. The maximum absolute atomic E-state index is 13.2. The summed E-state index contributed by atoms with van der Waals surface area (Å²) in [6, 6.07) is 0. The Bertz CT molecular complexity index is 397. The summed E-state index contributed by atoms with van der Waals surface area (Å²) in [7, 11) is 0. The Morgan fingerprint density at radius 1 is 1.44 bits per heavy atom. The minimum Gasteiger partial charge on any atom is -0.463 e. The van der Waals surface area contributed by atoms with Crippen molar-refractivity contribution < 1.29 is 22.3 Å². The number of halogens is 4. The standard InChI is InChI=1S/C10H13F4N3O/c1-3-4-15-9-16-5-7(11)8(17-9)18-6(2)10(12,13)14/h5-6H,3-4H2,1-2H3,(H,15,16,17). The molecule has 0 amide bonds. The Kier molecular flexibility index (Phi) is 4.69. The molecule has 1 aromatic heterocycles. The van der Waals surface area contributed by atoms with Gasteiger partial charge in [-0.15, -0.1) is 0 Å². The summed E-state index contributed by atoms with van der Waals surface area (Å²) in [5.41, 5.74) is 0. The van der Waals surface area contributed by atoms with Crippen LogP contribution in [0.4, 0.5) is 23.5 Å². The van der Waals surface area contributed by atoms with E-state index in [0.29, 0.717) is 6.54 Å². The SMILES string of the molecule is CCCNc1ncc(F)c(OC(C)C(F)(F)F)n1. The summed E-state index contributed by atoms with van der Waals surface area (Å²) in [6.07, 6.45) is -5.17. The predicted octanol–water partition coefficient (Wildman–Crippen LogP) is 2.77. The van der Waals surface area contributed by atoms with Crippen molar-refractivity contribution in [2.75, 3.05) is 11.9 Å². The van der Waals surface area contributed by atoms with Crippen LogP contribution in [0.2, 0.25) is 0 Å². The first kappa shape index (κ1) is 14.5. The molecule has 0 fully saturated rings. The average Bonchev–Trinajstić information content (AvgIpc) is 2.28. The summed E-state index contributed by atoms with van der Waals surface area (Å²) in [6.45, 7) is 3.19. The molecule has 0 aliphatic rings. The summed E-state index contributed by atoms with van der Waals surface area (Å²) >= 11 is 0. The maximum atomic E-state index is 13.2. The van der Waals surface area contributed by atoms with Crippen LogP contribution in [0, 0.1) is 5.82 Å². The third-order valence-corrected chi connectivity index (χ3v) is 1.99. The molecule has 1 heterocycles. The largest absolute Gasteiger partial charge is 0.463 e. The van der Waals surface area contributed by atoms with E-state index < -0.39 is 24.0 Å². The molecular formula is C10H13F4N3O. The number of nitrogens with one attached hydrogen (secondary N) is 1. The molecular weight excluding hydrogens is 254 g/mol. The first-order valence-corrected chi connectivity index (χ1v) is 5.34. The van der Waals surface area contributed by atoms with Gasteiger partial charge >= 0.3 is 6.18 Å². The first-order chi connectivity index (χ1) is 8.34. The molecule has 18 heavy (non-hydrogen) atoms. The van der Waals surface area contributed by atoms with Crippen molar-refractivity contribution in [3.05, 3.63) is 12.0 Å². The Hall–Kier alpha value is -1.60. The molecule has 4 nitrogen and oxygen atoms in total. The Labute approximate surface area is 101 Å². The summed E-state index contributed by atoms with van der Waals surface area (Å²) < 4.78 is 54.4. The van der Waals surface area contributed by atoms with Crippen molar-refractivity contribution in [2.24, 2.45) is 0 Å². The first-order valence-electron chi connectivity index (χ1n) is 5.34. The van der Waals surface area contributed by atoms with E-state index in [4.69, 9.17) is 0 Å². The fourth-order valence-electron chi connectivity index (χ4n) is 0.990. The molecule has 0 spiro atoms. The van der Waals surface area contributed by atoms with Crippen molar-refractivity contribution in [3.63, 3.8) is 0 Å². The smallest absolute Gasteiger partial charge is 0.425 e. The van der Waals surface area contributed by atoms with E-state index in [1.807, 2.05) is 6.92 Å². The zero-order valence-corrected chi connectivity index (χ0v) is 9.88. The molecule has 1 aromatic rings. The van der Waals surface area contributed by atoms with Gasteiger partial charge in [-0.3, -0.25) is 0 Å². The number of nitrogens with zero attached hydrogens (tertiary/aromatic N) is 2. The molecule has 0 aliphatic heterocycles. The van der Waals surface area contributed by atoms with E-state index in [1.165, 1.54) is 0 Å². The third kappa shape index (κ3) is 4.01. The van der Waals surface area contributed by atoms with Crippen LogP contribution in [0.15, 0.2) is 6.20 Å². The van der Waals surface area contributed by atoms with Gasteiger partial charge in [-0.2, -0.15) is 22.5 Å². The highest BCUT2D eigenvalue weighted by atomic mass is 19.4. The van der Waals surface area contributed by atoms with Gasteiger partial charge in [-0.25, -0.2) is 4.98 Å². The quantitative estimate of drug-likeness (QED) is 0.833. The van der Waals surface area contributed by atoms with Crippen LogP contribution in [-0.4, -0.2) is 28.8 Å². The second kappa shape index (κ2) is 5.83. The Balaban J connectivity index is 2.81. The van der Waals surface area contributed by atoms with Gasteiger partial charge in [0.25, 0.3) is 5.88 Å². The van der Waals surface area contributed by atoms with Crippen LogP contribution < -0.4 is 10.1 Å². The molecule has 0 bridgehead atoms. The lowest BCUT2D eigenvalue weighted by Crippen LogP contribution is -2.31. The zero-order valence-electron chi connectivity index (χ0n) is 9.88. The van der Waals surface area contributed by atoms with Gasteiger partial charge < -0.3 is 10.1 Å². The normalized spacial score (nSPS) is 13.2. The fourth-order valence-corrected chi connectivity index (χ4v) is 0.990. The molecule has 0 radical (unpaired) electrons. The molecule has 1 N–H and O–H groups in total. The van der Waals surface area contributed by atoms with Crippen molar-refractivity contribution in [1.82, 2.24) is 9.97 Å². The monoisotopic (exact) mass is 267 g/mol. The van der Waals surface area contributed by atoms with E-state index in [0.717, 1.165) is 19.5 Å². The molecule has 8 heteroatoms. The number of aromatic nitrogens is 2. The van der Waals surface area contributed by atoms with Gasteiger partial charge in [0.15, 0.2) is 6.10 Å². The van der Waals surface area contributed by atoms with E-state index in [-0.39, 0.29) is 5.95 Å². The highest BCUT2D eigenvalue weighted by molar-refractivity contribution is 5.28. The average molecular weight is 267 g/mol. The second-order valence-corrected chi connectivity index (χ2v) is 3.58. The van der Waals surface area contributed by atoms with Crippen molar-refractivity contribution >= 4 is 5.95 Å². The zero-order chi connectivity index (χ0) is 13.8. The molecule has 0 saturated heterocycles. The second-order valence-electron chi connectivity index (χ2n) is 3.58. The Morgan fingerprint density at radius 3 is 2.67 bits per heavy atom. The van der Waals surface area contributed by atoms with Gasteiger partial charge in [0, 0.05) is 6.54 Å². The molecule has 0 saturated carbocycles. The van der Waals surface area contributed by atoms with Crippen molar-refractivity contribution in [3.8, 4) is 5.88 Å². The molecule has 1 atom stereocenters. The van der Waals surface area contributed by atoms with Gasteiger partial charge in [-0.05, 0) is 13.3 Å². The lowest BCUT2D eigenvalue weighted by atomic mass is 10.4. The lowest BCUT2D eigenvalue weighted by molar-refractivity contribution is -0.190. The number of ether oxygens (including phenoxy) is 1. The fraction of sp³-hybridized carbons (Fsp3) is 0.600. The van der Waals surface area contributed by atoms with Crippen molar-refractivity contribution in [2.45, 2.75) is 32.5 Å². The van der Waals surface area contributed by atoms with Crippen LogP contribution in [0.3, 0.4) is 0 Å². The Morgan fingerprint density at radius 2 is 2.11 bits per heavy atom. The summed E-state index contributed by atoms with van der Waals surface area (Å²) in [4.78, 5) is 7.13. The lowest BCUT2D eigenvalue weighted by Gasteiger charge is -2.17.